The fourth-order valence-electron chi connectivity index (χ4n) is 3.26. The Morgan fingerprint density at radius 1 is 1.07 bits per heavy atom. The van der Waals surface area contributed by atoms with Crippen molar-refractivity contribution in [3.05, 3.63) is 77.6 Å². The average Bonchev–Trinajstić information content (AvgIpc) is 3.13. The molecule has 4 rings (SSSR count). The van der Waals surface area contributed by atoms with E-state index in [1.54, 1.807) is 12.1 Å². The molecule has 0 fully saturated rings. The van der Waals surface area contributed by atoms with Gasteiger partial charge in [-0.15, -0.1) is 5.10 Å². The number of carbonyl (C=O) groups is 2. The van der Waals surface area contributed by atoms with Crippen LogP contribution in [0, 0.1) is 5.82 Å². The quantitative estimate of drug-likeness (QED) is 0.496. The zero-order valence-corrected chi connectivity index (χ0v) is 15.8. The second kappa shape index (κ2) is 7.35. The third kappa shape index (κ3) is 3.54. The van der Waals surface area contributed by atoms with E-state index in [1.807, 2.05) is 30.3 Å². The van der Waals surface area contributed by atoms with Crippen molar-refractivity contribution in [2.24, 2.45) is 5.10 Å². The molecule has 0 N–H and O–H groups in total. The number of hydrogen-bond acceptors (Lipinski definition) is 5. The number of hydrazone groups is 1. The van der Waals surface area contributed by atoms with Gasteiger partial charge in [0.15, 0.2) is 0 Å². The molecule has 0 spiro atoms. The summed E-state index contributed by atoms with van der Waals surface area (Å²) in [7, 11) is 0. The summed E-state index contributed by atoms with van der Waals surface area (Å²) in [6, 6.07) is 16.7. The molecule has 0 saturated carbocycles. The molecule has 3 aromatic rings. The number of hydrogen-bond donors (Lipinski definition) is 0. The monoisotopic (exact) mass is 392 g/mol. The third-order valence-electron chi connectivity index (χ3n) is 4.46. The van der Waals surface area contributed by atoms with Crippen LogP contribution in [0.15, 0.2) is 65.8 Å². The van der Waals surface area contributed by atoms with Crippen LogP contribution in [-0.2, 0) is 14.3 Å². The second-order valence-electron chi connectivity index (χ2n) is 6.55. The van der Waals surface area contributed by atoms with Crippen LogP contribution in [0.5, 0.6) is 5.75 Å². The number of nitrogens with zero attached hydrogens (tertiary/aromatic N) is 2. The Bertz CT molecular complexity index is 1160. The summed E-state index contributed by atoms with van der Waals surface area (Å²) >= 11 is 0. The van der Waals surface area contributed by atoms with Crippen LogP contribution >= 0.6 is 0 Å². The number of esters is 1. The number of halogens is 1. The maximum atomic E-state index is 13.7. The van der Waals surface area contributed by atoms with Gasteiger partial charge >= 0.3 is 5.97 Å². The highest BCUT2D eigenvalue weighted by atomic mass is 19.1. The highest BCUT2D eigenvalue weighted by Gasteiger charge is 2.35. The number of benzene rings is 3. The van der Waals surface area contributed by atoms with Crippen molar-refractivity contribution in [1.82, 2.24) is 5.01 Å². The van der Waals surface area contributed by atoms with E-state index in [1.165, 1.54) is 32.0 Å². The molecule has 0 unspecified atom stereocenters. The van der Waals surface area contributed by atoms with Crippen molar-refractivity contribution in [1.29, 1.82) is 0 Å². The first-order valence-electron chi connectivity index (χ1n) is 8.95. The zero-order chi connectivity index (χ0) is 20.5. The highest BCUT2D eigenvalue weighted by Crippen LogP contribution is 2.36. The van der Waals surface area contributed by atoms with Crippen molar-refractivity contribution < 1.29 is 23.5 Å². The SMILES string of the molecule is CC(=O)Oc1ccc2ccccc2c1C1=NN(C(C)=O)[C@H](c2cccc(F)c2)O1. The molecule has 0 radical (unpaired) electrons. The Morgan fingerprint density at radius 3 is 2.59 bits per heavy atom. The number of fused-ring (bicyclic) bond motifs is 1. The Kier molecular flexibility index (Phi) is 4.72. The molecule has 7 heteroatoms. The summed E-state index contributed by atoms with van der Waals surface area (Å²) in [6.07, 6.45) is -0.928. The Balaban J connectivity index is 1.86. The topological polar surface area (TPSA) is 68.2 Å². The first kappa shape index (κ1) is 18.6. The Morgan fingerprint density at radius 2 is 1.86 bits per heavy atom. The first-order chi connectivity index (χ1) is 13.9. The summed E-state index contributed by atoms with van der Waals surface area (Å²) in [5.41, 5.74) is 0.886. The molecule has 0 aliphatic carbocycles. The summed E-state index contributed by atoms with van der Waals surface area (Å²) in [5, 5.41) is 7.10. The van der Waals surface area contributed by atoms with Gasteiger partial charge in [0.25, 0.3) is 0 Å². The summed E-state index contributed by atoms with van der Waals surface area (Å²) in [4.78, 5) is 23.8. The van der Waals surface area contributed by atoms with E-state index in [9.17, 15) is 14.0 Å². The van der Waals surface area contributed by atoms with Crippen LogP contribution in [0.2, 0.25) is 0 Å². The smallest absolute Gasteiger partial charge is 0.308 e. The summed E-state index contributed by atoms with van der Waals surface area (Å²) < 4.78 is 25.1. The lowest BCUT2D eigenvalue weighted by molar-refractivity contribution is -0.135. The van der Waals surface area contributed by atoms with Crippen molar-refractivity contribution in [2.75, 3.05) is 0 Å². The van der Waals surface area contributed by atoms with E-state index >= 15 is 0 Å². The van der Waals surface area contributed by atoms with Crippen molar-refractivity contribution >= 4 is 28.5 Å². The second-order valence-corrected chi connectivity index (χ2v) is 6.55. The van der Waals surface area contributed by atoms with Gasteiger partial charge in [0.2, 0.25) is 18.0 Å². The van der Waals surface area contributed by atoms with E-state index in [4.69, 9.17) is 9.47 Å². The van der Waals surface area contributed by atoms with Gasteiger partial charge in [-0.3, -0.25) is 9.59 Å². The van der Waals surface area contributed by atoms with E-state index in [0.717, 1.165) is 15.8 Å². The molecule has 1 amide bonds. The molecule has 0 saturated heterocycles. The van der Waals surface area contributed by atoms with Gasteiger partial charge in [-0.25, -0.2) is 4.39 Å². The van der Waals surface area contributed by atoms with Gasteiger partial charge in [0, 0.05) is 19.4 Å². The fourth-order valence-corrected chi connectivity index (χ4v) is 3.26. The highest BCUT2D eigenvalue weighted by molar-refractivity contribution is 6.10. The van der Waals surface area contributed by atoms with Crippen LogP contribution < -0.4 is 4.74 Å². The largest absolute Gasteiger partial charge is 0.446 e. The van der Waals surface area contributed by atoms with Crippen LogP contribution in [0.25, 0.3) is 10.8 Å². The van der Waals surface area contributed by atoms with Gasteiger partial charge in [-0.05, 0) is 29.0 Å². The van der Waals surface area contributed by atoms with Crippen LogP contribution in [0.3, 0.4) is 0 Å². The van der Waals surface area contributed by atoms with E-state index in [2.05, 4.69) is 5.10 Å². The molecule has 1 aliphatic rings. The zero-order valence-electron chi connectivity index (χ0n) is 15.8. The fraction of sp³-hybridized carbons (Fsp3) is 0.136. The minimum absolute atomic E-state index is 0.113. The molecule has 6 nitrogen and oxygen atoms in total. The number of rotatable bonds is 3. The molecule has 29 heavy (non-hydrogen) atoms. The third-order valence-corrected chi connectivity index (χ3v) is 4.46. The van der Waals surface area contributed by atoms with Crippen molar-refractivity contribution in [3.8, 4) is 5.75 Å². The molecule has 1 atom stereocenters. The molecular formula is C22H17FN2O4. The molecule has 1 heterocycles. The Hall–Kier alpha value is -3.74. The minimum Gasteiger partial charge on any atom is -0.446 e. The normalized spacial score (nSPS) is 15.8. The van der Waals surface area contributed by atoms with Crippen LogP contribution in [0.4, 0.5) is 4.39 Å². The predicted molar refractivity (Wildman–Crippen MR) is 105 cm³/mol. The van der Waals surface area contributed by atoms with Crippen LogP contribution in [0.1, 0.15) is 31.2 Å². The number of carbonyl (C=O) groups excluding carboxylic acids is 2. The molecule has 0 aromatic heterocycles. The molecular weight excluding hydrogens is 375 g/mol. The molecule has 0 bridgehead atoms. The predicted octanol–water partition coefficient (Wildman–Crippen LogP) is 4.14. The lowest BCUT2D eigenvalue weighted by Gasteiger charge is -2.19. The van der Waals surface area contributed by atoms with Crippen LogP contribution in [-0.4, -0.2) is 22.8 Å². The van der Waals surface area contributed by atoms with E-state index in [-0.39, 0.29) is 17.6 Å². The lowest BCUT2D eigenvalue weighted by Crippen LogP contribution is -2.25. The van der Waals surface area contributed by atoms with Gasteiger partial charge < -0.3 is 9.47 Å². The average molecular weight is 392 g/mol. The maximum Gasteiger partial charge on any atom is 0.308 e. The number of ether oxygens (including phenoxy) is 2. The van der Waals surface area contributed by atoms with Gasteiger partial charge in [0.1, 0.15) is 11.6 Å². The van der Waals surface area contributed by atoms with Crippen molar-refractivity contribution in [2.45, 2.75) is 20.1 Å². The standard InChI is InChI=1S/C22H17FN2O4/c1-13(26)25-22(16-7-5-8-17(23)12-16)29-21(24-25)20-18-9-4-3-6-15(18)10-11-19(20)28-14(2)27/h3-12,22H,1-2H3/t22-/m0/s1. The van der Waals surface area contributed by atoms with Gasteiger partial charge in [-0.2, -0.15) is 5.01 Å². The van der Waals surface area contributed by atoms with E-state index in [0.29, 0.717) is 11.1 Å². The summed E-state index contributed by atoms with van der Waals surface area (Å²) in [5.74, 6) is -0.941. The summed E-state index contributed by atoms with van der Waals surface area (Å²) in [6.45, 7) is 2.64. The molecule has 146 valence electrons. The van der Waals surface area contributed by atoms with Gasteiger partial charge in [0.05, 0.1) is 5.56 Å². The van der Waals surface area contributed by atoms with E-state index < -0.39 is 18.0 Å². The lowest BCUT2D eigenvalue weighted by atomic mass is 10.0. The molecule has 3 aromatic carbocycles. The van der Waals surface area contributed by atoms with Gasteiger partial charge in [-0.1, -0.05) is 42.5 Å². The Labute approximate surface area is 166 Å². The molecule has 1 aliphatic heterocycles. The maximum absolute atomic E-state index is 13.7. The number of amides is 1. The van der Waals surface area contributed by atoms with Crippen molar-refractivity contribution in [3.63, 3.8) is 0 Å². The first-order valence-corrected chi connectivity index (χ1v) is 8.95. The minimum atomic E-state index is -0.928.